The van der Waals surface area contributed by atoms with Crippen molar-refractivity contribution in [3.05, 3.63) is 28.0 Å². The molecule has 0 radical (unpaired) electrons. The average Bonchev–Trinajstić information content (AvgIpc) is 2.58. The zero-order valence-corrected chi connectivity index (χ0v) is 9.36. The van der Waals surface area contributed by atoms with Crippen LogP contribution in [0.2, 0.25) is 0 Å². The van der Waals surface area contributed by atoms with E-state index >= 15 is 0 Å². The molecular weight excluding hydrogens is 265 g/mol. The van der Waals surface area contributed by atoms with Crippen molar-refractivity contribution in [1.29, 1.82) is 0 Å². The van der Waals surface area contributed by atoms with Gasteiger partial charge in [-0.3, -0.25) is 0 Å². The Morgan fingerprint density at radius 2 is 2.20 bits per heavy atom. The number of hydrogen-bond donors (Lipinski definition) is 1. The first-order chi connectivity index (χ1) is 7.09. The maximum absolute atomic E-state index is 13.3. The second-order valence-electron chi connectivity index (χ2n) is 3.00. The molecule has 15 heavy (non-hydrogen) atoms. The van der Waals surface area contributed by atoms with Gasteiger partial charge in [-0.25, -0.2) is 4.39 Å². The number of nitrogens with zero attached hydrogens (tertiary/aromatic N) is 4. The van der Waals surface area contributed by atoms with E-state index in [1.54, 1.807) is 6.07 Å². The zero-order valence-electron chi connectivity index (χ0n) is 7.78. The molecule has 1 aromatic heterocycles. The van der Waals surface area contributed by atoms with Crippen molar-refractivity contribution in [1.82, 2.24) is 20.2 Å². The Labute approximate surface area is 93.2 Å². The lowest BCUT2D eigenvalue weighted by Crippen LogP contribution is -2.05. The molecular formula is C8H7BrFN5. The van der Waals surface area contributed by atoms with E-state index in [9.17, 15) is 4.39 Å². The lowest BCUT2D eigenvalue weighted by atomic mass is 10.2. The first kappa shape index (κ1) is 10.0. The van der Waals surface area contributed by atoms with Gasteiger partial charge in [0.2, 0.25) is 5.95 Å². The Balaban J connectivity index is 2.64. The van der Waals surface area contributed by atoms with E-state index in [0.717, 1.165) is 5.56 Å². The second kappa shape index (κ2) is 3.58. The summed E-state index contributed by atoms with van der Waals surface area (Å²) in [5.74, 6) is -0.259. The van der Waals surface area contributed by atoms with Crippen molar-refractivity contribution in [3.63, 3.8) is 0 Å². The van der Waals surface area contributed by atoms with Crippen molar-refractivity contribution < 1.29 is 4.39 Å². The van der Waals surface area contributed by atoms with Crippen molar-refractivity contribution in [2.45, 2.75) is 6.92 Å². The molecule has 0 saturated carbocycles. The normalized spacial score (nSPS) is 10.6. The van der Waals surface area contributed by atoms with E-state index in [4.69, 9.17) is 5.73 Å². The second-order valence-corrected chi connectivity index (χ2v) is 3.86. The lowest BCUT2D eigenvalue weighted by molar-refractivity contribution is 0.617. The van der Waals surface area contributed by atoms with Crippen LogP contribution >= 0.6 is 15.9 Å². The maximum Gasteiger partial charge on any atom is 0.245 e. The van der Waals surface area contributed by atoms with Crippen LogP contribution in [0.1, 0.15) is 5.56 Å². The molecule has 2 aromatic rings. The van der Waals surface area contributed by atoms with Gasteiger partial charge in [0.25, 0.3) is 0 Å². The van der Waals surface area contributed by atoms with Crippen LogP contribution in [0.15, 0.2) is 16.6 Å². The predicted octanol–water partition coefficient (Wildman–Crippen LogP) is 1.45. The van der Waals surface area contributed by atoms with Crippen LogP contribution in [0.4, 0.5) is 10.3 Å². The molecule has 0 aliphatic carbocycles. The monoisotopic (exact) mass is 271 g/mol. The molecule has 1 heterocycles. The lowest BCUT2D eigenvalue weighted by Gasteiger charge is -2.06. The van der Waals surface area contributed by atoms with Gasteiger partial charge in [-0.2, -0.15) is 4.68 Å². The summed E-state index contributed by atoms with van der Waals surface area (Å²) in [5.41, 5.74) is 6.87. The van der Waals surface area contributed by atoms with Gasteiger partial charge in [-0.15, -0.1) is 0 Å². The Kier molecular flexibility index (Phi) is 2.39. The third kappa shape index (κ3) is 1.70. The highest BCUT2D eigenvalue weighted by molar-refractivity contribution is 9.10. The Bertz CT molecular complexity index is 510. The fourth-order valence-corrected chi connectivity index (χ4v) is 1.69. The van der Waals surface area contributed by atoms with Gasteiger partial charge in [0.1, 0.15) is 5.82 Å². The van der Waals surface area contributed by atoms with E-state index in [2.05, 4.69) is 31.5 Å². The first-order valence-electron chi connectivity index (χ1n) is 4.09. The summed E-state index contributed by atoms with van der Waals surface area (Å²) in [6, 6.07) is 2.97. The van der Waals surface area contributed by atoms with E-state index in [0.29, 0.717) is 10.2 Å². The van der Waals surface area contributed by atoms with Gasteiger partial charge in [0.15, 0.2) is 0 Å². The minimum atomic E-state index is -0.384. The fourth-order valence-electron chi connectivity index (χ4n) is 1.23. The number of nitrogen functional groups attached to an aromatic ring is 1. The molecule has 5 nitrogen and oxygen atoms in total. The summed E-state index contributed by atoms with van der Waals surface area (Å²) < 4.78 is 15.0. The van der Waals surface area contributed by atoms with Gasteiger partial charge in [-0.05, 0) is 44.9 Å². The highest BCUT2D eigenvalue weighted by atomic mass is 79.9. The van der Waals surface area contributed by atoms with E-state index in [1.807, 2.05) is 6.92 Å². The van der Waals surface area contributed by atoms with Crippen LogP contribution in [-0.4, -0.2) is 20.2 Å². The number of hydrogen-bond acceptors (Lipinski definition) is 4. The molecule has 0 atom stereocenters. The SMILES string of the molecule is Cc1cc(Br)c(F)cc1-n1nnnc1N. The predicted molar refractivity (Wildman–Crippen MR) is 56.0 cm³/mol. The molecule has 0 aliphatic heterocycles. The largest absolute Gasteiger partial charge is 0.366 e. The summed E-state index contributed by atoms with van der Waals surface area (Å²) in [7, 11) is 0. The smallest absolute Gasteiger partial charge is 0.245 e. The van der Waals surface area contributed by atoms with E-state index in [1.165, 1.54) is 10.7 Å². The molecule has 0 amide bonds. The van der Waals surface area contributed by atoms with Gasteiger partial charge < -0.3 is 5.73 Å². The highest BCUT2D eigenvalue weighted by Crippen LogP contribution is 2.23. The van der Waals surface area contributed by atoms with Crippen LogP contribution < -0.4 is 5.73 Å². The molecule has 78 valence electrons. The molecule has 1 aromatic carbocycles. The maximum atomic E-state index is 13.3. The molecule has 2 rings (SSSR count). The van der Waals surface area contributed by atoms with Crippen LogP contribution in [0.5, 0.6) is 0 Å². The topological polar surface area (TPSA) is 69.6 Å². The van der Waals surface area contributed by atoms with Gasteiger partial charge in [0, 0.05) is 6.07 Å². The zero-order chi connectivity index (χ0) is 11.0. The molecule has 0 unspecified atom stereocenters. The molecule has 0 spiro atoms. The Morgan fingerprint density at radius 1 is 1.47 bits per heavy atom. The number of anilines is 1. The van der Waals surface area contributed by atoms with Gasteiger partial charge >= 0.3 is 0 Å². The summed E-state index contributed by atoms with van der Waals surface area (Å²) >= 11 is 3.09. The molecule has 7 heteroatoms. The van der Waals surface area contributed by atoms with E-state index in [-0.39, 0.29) is 11.8 Å². The summed E-state index contributed by atoms with van der Waals surface area (Å²) in [6.45, 7) is 1.82. The van der Waals surface area contributed by atoms with Crippen molar-refractivity contribution in [3.8, 4) is 5.69 Å². The van der Waals surface area contributed by atoms with Crippen molar-refractivity contribution >= 4 is 21.9 Å². The quantitative estimate of drug-likeness (QED) is 0.853. The standard InChI is InChI=1S/C8H7BrFN5/c1-4-2-5(9)6(10)3-7(4)15-8(11)12-13-14-15/h2-3H,1H3,(H2,11,12,14). The molecule has 0 saturated heterocycles. The van der Waals surface area contributed by atoms with Crippen LogP contribution in [0.25, 0.3) is 5.69 Å². The number of aromatic nitrogens is 4. The third-order valence-electron chi connectivity index (χ3n) is 1.96. The number of tetrazole rings is 1. The number of benzene rings is 1. The Morgan fingerprint density at radius 3 is 2.80 bits per heavy atom. The van der Waals surface area contributed by atoms with Crippen molar-refractivity contribution in [2.24, 2.45) is 0 Å². The molecule has 0 fully saturated rings. The van der Waals surface area contributed by atoms with E-state index < -0.39 is 0 Å². The number of nitrogens with two attached hydrogens (primary N) is 1. The van der Waals surface area contributed by atoms with Crippen LogP contribution in [-0.2, 0) is 0 Å². The molecule has 2 N–H and O–H groups in total. The minimum Gasteiger partial charge on any atom is -0.366 e. The summed E-state index contributed by atoms with van der Waals surface area (Å²) in [6.07, 6.45) is 0. The summed E-state index contributed by atoms with van der Waals surface area (Å²) in [5, 5.41) is 10.6. The number of halogens is 2. The third-order valence-corrected chi connectivity index (χ3v) is 2.57. The van der Waals surface area contributed by atoms with Crippen LogP contribution in [0.3, 0.4) is 0 Å². The van der Waals surface area contributed by atoms with Gasteiger partial charge in [-0.1, -0.05) is 5.10 Å². The number of rotatable bonds is 1. The van der Waals surface area contributed by atoms with Gasteiger partial charge in [0.05, 0.1) is 10.2 Å². The highest BCUT2D eigenvalue weighted by Gasteiger charge is 2.10. The first-order valence-corrected chi connectivity index (χ1v) is 4.89. The summed E-state index contributed by atoms with van der Waals surface area (Å²) in [4.78, 5) is 0. The fraction of sp³-hybridized carbons (Fsp3) is 0.125. The van der Waals surface area contributed by atoms with Crippen molar-refractivity contribution in [2.75, 3.05) is 5.73 Å². The minimum absolute atomic E-state index is 0.125. The van der Waals surface area contributed by atoms with Crippen LogP contribution in [0, 0.1) is 12.7 Å². The molecule has 0 aliphatic rings. The Hall–Kier alpha value is -1.50. The molecule has 0 bridgehead atoms. The number of aryl methyl sites for hydroxylation is 1. The average molecular weight is 272 g/mol.